The standard InChI is InChI=1S/C24H22ClNO4/c1-15-10-19(13-21-22(15)26(4)24(28)30-21)23(27)20(11-16(2)25)12-17(3)29-14-18-8-6-5-7-9-18/h5-13H,2,14H2,1,3-4H3/b17-12+,20-11+. The second-order valence-corrected chi connectivity index (χ2v) is 7.46. The summed E-state index contributed by atoms with van der Waals surface area (Å²) in [5.74, 6) is -0.205. The lowest BCUT2D eigenvalue weighted by atomic mass is 9.99. The third kappa shape index (κ3) is 4.81. The Kier molecular flexibility index (Phi) is 6.43. The summed E-state index contributed by atoms with van der Waals surface area (Å²) < 4.78 is 12.4. The number of carbonyl (C=O) groups is 1. The number of oxazole rings is 1. The zero-order valence-electron chi connectivity index (χ0n) is 17.1. The van der Waals surface area contributed by atoms with Crippen LogP contribution in [0.5, 0.6) is 0 Å². The van der Waals surface area contributed by atoms with Crippen LogP contribution in [0.3, 0.4) is 0 Å². The summed E-state index contributed by atoms with van der Waals surface area (Å²) >= 11 is 5.95. The molecule has 30 heavy (non-hydrogen) atoms. The highest BCUT2D eigenvalue weighted by Crippen LogP contribution is 2.23. The second-order valence-electron chi connectivity index (χ2n) is 6.97. The SMILES string of the molecule is C=C(Cl)/C=C(\C=C(/C)OCc1ccccc1)C(=O)c1cc(C)c2c(c1)oc(=O)n2C. The van der Waals surface area contributed by atoms with Gasteiger partial charge in [0.2, 0.25) is 0 Å². The highest BCUT2D eigenvalue weighted by atomic mass is 35.5. The molecule has 0 aliphatic carbocycles. The molecule has 0 unspecified atom stereocenters. The molecule has 1 aromatic heterocycles. The Morgan fingerprint density at radius 2 is 1.93 bits per heavy atom. The van der Waals surface area contributed by atoms with E-state index in [9.17, 15) is 9.59 Å². The highest BCUT2D eigenvalue weighted by Gasteiger charge is 2.17. The summed E-state index contributed by atoms with van der Waals surface area (Å²) in [5, 5.41) is 0.217. The maximum atomic E-state index is 13.2. The Morgan fingerprint density at radius 3 is 2.60 bits per heavy atom. The first-order chi connectivity index (χ1) is 14.3. The van der Waals surface area contributed by atoms with Crippen LogP contribution in [-0.2, 0) is 18.4 Å². The van der Waals surface area contributed by atoms with Gasteiger partial charge in [0.05, 0.1) is 11.3 Å². The van der Waals surface area contributed by atoms with Crippen LogP contribution in [0.2, 0.25) is 0 Å². The molecule has 0 saturated carbocycles. The van der Waals surface area contributed by atoms with E-state index in [-0.39, 0.29) is 10.8 Å². The summed E-state index contributed by atoms with van der Waals surface area (Å²) in [6, 6.07) is 13.0. The molecule has 0 bridgehead atoms. The molecule has 0 amide bonds. The summed E-state index contributed by atoms with van der Waals surface area (Å²) in [4.78, 5) is 25.0. The van der Waals surface area contributed by atoms with Gasteiger partial charge in [0.25, 0.3) is 0 Å². The van der Waals surface area contributed by atoms with Gasteiger partial charge in [-0.15, -0.1) is 0 Å². The summed E-state index contributed by atoms with van der Waals surface area (Å²) in [6.45, 7) is 7.63. The Morgan fingerprint density at radius 1 is 1.23 bits per heavy atom. The third-order valence-corrected chi connectivity index (χ3v) is 4.69. The molecule has 2 aromatic carbocycles. The number of fused-ring (bicyclic) bond motifs is 1. The van der Waals surface area contributed by atoms with Crippen LogP contribution in [-0.4, -0.2) is 10.4 Å². The molecule has 5 nitrogen and oxygen atoms in total. The third-order valence-electron chi connectivity index (χ3n) is 4.58. The fourth-order valence-electron chi connectivity index (χ4n) is 3.18. The summed E-state index contributed by atoms with van der Waals surface area (Å²) in [6.07, 6.45) is 3.11. The molecule has 0 aliphatic rings. The number of ether oxygens (including phenoxy) is 1. The molecule has 3 aromatic rings. The van der Waals surface area contributed by atoms with E-state index in [0.29, 0.717) is 34.6 Å². The quantitative estimate of drug-likeness (QED) is 0.220. The minimum Gasteiger partial charge on any atom is -0.494 e. The van der Waals surface area contributed by atoms with Gasteiger partial charge >= 0.3 is 5.76 Å². The zero-order valence-corrected chi connectivity index (χ0v) is 17.8. The number of rotatable bonds is 7. The van der Waals surface area contributed by atoms with Crippen molar-refractivity contribution in [3.05, 3.63) is 105 Å². The van der Waals surface area contributed by atoms with Crippen molar-refractivity contribution in [1.82, 2.24) is 4.57 Å². The molecule has 3 rings (SSSR count). The predicted octanol–water partition coefficient (Wildman–Crippen LogP) is 5.42. The average Bonchev–Trinajstić information content (AvgIpc) is 3.00. The molecular formula is C24H22ClNO4. The Bertz CT molecular complexity index is 1230. The number of aromatic nitrogens is 1. The van der Waals surface area contributed by atoms with Gasteiger partial charge in [-0.25, -0.2) is 4.79 Å². The normalized spacial score (nSPS) is 12.3. The van der Waals surface area contributed by atoms with Crippen molar-refractivity contribution in [2.45, 2.75) is 20.5 Å². The van der Waals surface area contributed by atoms with E-state index in [1.807, 2.05) is 37.3 Å². The second kappa shape index (κ2) is 9.01. The lowest BCUT2D eigenvalue weighted by Crippen LogP contribution is -2.09. The van der Waals surface area contributed by atoms with Crippen LogP contribution in [0.1, 0.15) is 28.4 Å². The number of hydrogen-bond acceptors (Lipinski definition) is 4. The topological polar surface area (TPSA) is 61.4 Å². The number of Topliss-reactive ketones (excluding diaryl/α,β-unsaturated/α-hetero) is 1. The molecule has 154 valence electrons. The molecule has 0 N–H and O–H groups in total. The van der Waals surface area contributed by atoms with Gasteiger partial charge in [-0.2, -0.15) is 0 Å². The Balaban J connectivity index is 1.92. The molecule has 0 aliphatic heterocycles. The van der Waals surface area contributed by atoms with E-state index in [1.165, 1.54) is 10.6 Å². The first-order valence-corrected chi connectivity index (χ1v) is 9.70. The van der Waals surface area contributed by atoms with Crippen molar-refractivity contribution in [3.63, 3.8) is 0 Å². The van der Waals surface area contributed by atoms with Gasteiger partial charge < -0.3 is 9.15 Å². The van der Waals surface area contributed by atoms with Crippen LogP contribution in [0, 0.1) is 6.92 Å². The van der Waals surface area contributed by atoms with E-state index in [4.69, 9.17) is 20.8 Å². The minimum atomic E-state index is -0.479. The average molecular weight is 424 g/mol. The van der Waals surface area contributed by atoms with Crippen LogP contribution < -0.4 is 5.76 Å². The molecule has 0 fully saturated rings. The fraction of sp³-hybridized carbons (Fsp3) is 0.167. The van der Waals surface area contributed by atoms with Crippen molar-refractivity contribution in [2.24, 2.45) is 7.05 Å². The molecule has 0 radical (unpaired) electrons. The molecular weight excluding hydrogens is 402 g/mol. The number of halogens is 1. The number of aryl methyl sites for hydroxylation is 2. The smallest absolute Gasteiger partial charge is 0.419 e. The van der Waals surface area contributed by atoms with Crippen molar-refractivity contribution in [2.75, 3.05) is 0 Å². The van der Waals surface area contributed by atoms with Crippen LogP contribution in [0.15, 0.2) is 86.8 Å². The van der Waals surface area contributed by atoms with E-state index in [1.54, 1.807) is 32.2 Å². The van der Waals surface area contributed by atoms with Crippen molar-refractivity contribution < 1.29 is 13.9 Å². The van der Waals surface area contributed by atoms with Crippen LogP contribution in [0.4, 0.5) is 0 Å². The van der Waals surface area contributed by atoms with Crippen molar-refractivity contribution in [3.8, 4) is 0 Å². The molecule has 0 saturated heterocycles. The highest BCUT2D eigenvalue weighted by molar-refractivity contribution is 6.31. The number of carbonyl (C=O) groups excluding carboxylic acids is 1. The molecule has 0 atom stereocenters. The van der Waals surface area contributed by atoms with Crippen LogP contribution in [0.25, 0.3) is 11.1 Å². The van der Waals surface area contributed by atoms with Gasteiger partial charge in [0, 0.05) is 23.2 Å². The number of hydrogen-bond donors (Lipinski definition) is 0. The van der Waals surface area contributed by atoms with Gasteiger partial charge in [0.1, 0.15) is 6.61 Å². The predicted molar refractivity (Wildman–Crippen MR) is 119 cm³/mol. The maximum Gasteiger partial charge on any atom is 0.419 e. The monoisotopic (exact) mass is 423 g/mol. The first kappa shape index (κ1) is 21.4. The lowest BCUT2D eigenvalue weighted by Gasteiger charge is -2.09. The summed E-state index contributed by atoms with van der Waals surface area (Å²) in [5.41, 5.74) is 3.49. The number of allylic oxidation sites excluding steroid dienone is 5. The van der Waals surface area contributed by atoms with Gasteiger partial charge in [-0.3, -0.25) is 9.36 Å². The van der Waals surface area contributed by atoms with E-state index in [2.05, 4.69) is 6.58 Å². The first-order valence-electron chi connectivity index (χ1n) is 9.32. The van der Waals surface area contributed by atoms with E-state index >= 15 is 0 Å². The van der Waals surface area contributed by atoms with Gasteiger partial charge in [0.15, 0.2) is 11.4 Å². The minimum absolute atomic E-state index is 0.217. The Hall–Kier alpha value is -3.31. The lowest BCUT2D eigenvalue weighted by molar-refractivity contribution is 0.103. The van der Waals surface area contributed by atoms with Crippen molar-refractivity contribution >= 4 is 28.5 Å². The fourth-order valence-corrected chi connectivity index (χ4v) is 3.30. The molecule has 0 spiro atoms. The van der Waals surface area contributed by atoms with Crippen LogP contribution >= 0.6 is 11.6 Å². The number of benzene rings is 2. The largest absolute Gasteiger partial charge is 0.494 e. The number of ketones is 1. The van der Waals surface area contributed by atoms with Crippen molar-refractivity contribution in [1.29, 1.82) is 0 Å². The molecule has 6 heteroatoms. The zero-order chi connectivity index (χ0) is 21.8. The van der Waals surface area contributed by atoms with Gasteiger partial charge in [-0.1, -0.05) is 48.5 Å². The van der Waals surface area contributed by atoms with Gasteiger partial charge in [-0.05, 0) is 49.3 Å². The van der Waals surface area contributed by atoms with E-state index < -0.39 is 5.76 Å². The van der Waals surface area contributed by atoms with E-state index in [0.717, 1.165) is 11.1 Å². The maximum absolute atomic E-state index is 13.2. The molecule has 1 heterocycles. The Labute approximate surface area is 179 Å². The summed E-state index contributed by atoms with van der Waals surface area (Å²) in [7, 11) is 1.63. The number of nitrogens with zero attached hydrogens (tertiary/aromatic N) is 1.